The Bertz CT molecular complexity index is 1070. The monoisotopic (exact) mass is 441 g/mol. The summed E-state index contributed by atoms with van der Waals surface area (Å²) in [5.74, 6) is 1.29. The van der Waals surface area contributed by atoms with Gasteiger partial charge < -0.3 is 21.2 Å². The Hall–Kier alpha value is -2.84. The van der Waals surface area contributed by atoms with Gasteiger partial charge in [0.2, 0.25) is 0 Å². The molecule has 5 N–H and O–H groups in total. The molecule has 0 unspecified atom stereocenters. The van der Waals surface area contributed by atoms with Crippen LogP contribution in [0.4, 0.5) is 17.3 Å². The van der Waals surface area contributed by atoms with Gasteiger partial charge in [-0.1, -0.05) is 18.5 Å². The van der Waals surface area contributed by atoms with E-state index < -0.39 is 0 Å². The minimum Gasteiger partial charge on any atom is -0.383 e. The summed E-state index contributed by atoms with van der Waals surface area (Å²) in [4.78, 5) is 13.3. The normalized spacial score (nSPS) is 10.7. The van der Waals surface area contributed by atoms with E-state index in [2.05, 4.69) is 31.9 Å². The fourth-order valence-corrected chi connectivity index (χ4v) is 3.79. The standard InChI is InChI=1S/C21H24ClN7S/c1-4-8-26-21-18(13(3)23)19(24)27-20(28-21)14-5-6-16(15(22)11-14)29-30-17-10-12(2)7-9-25-17/h5-7,9-11,23,29H,4,8H2,1-3H3,(H3,24,26,27,28). The van der Waals surface area contributed by atoms with Crippen molar-refractivity contribution >= 4 is 46.6 Å². The Morgan fingerprint density at radius 2 is 2.03 bits per heavy atom. The van der Waals surface area contributed by atoms with Gasteiger partial charge in [-0.3, -0.25) is 0 Å². The largest absolute Gasteiger partial charge is 0.383 e. The Labute approximate surface area is 185 Å². The van der Waals surface area contributed by atoms with Gasteiger partial charge in [0.25, 0.3) is 0 Å². The van der Waals surface area contributed by atoms with Crippen molar-refractivity contribution in [3.05, 3.63) is 52.7 Å². The third-order valence-corrected chi connectivity index (χ3v) is 5.30. The first-order chi connectivity index (χ1) is 14.4. The molecule has 0 bridgehead atoms. The molecular formula is C21H24ClN7S. The van der Waals surface area contributed by atoms with Gasteiger partial charge in [-0.05, 0) is 56.2 Å². The van der Waals surface area contributed by atoms with Crippen LogP contribution in [0.25, 0.3) is 11.4 Å². The minimum atomic E-state index is 0.269. The van der Waals surface area contributed by atoms with Crippen LogP contribution < -0.4 is 15.8 Å². The highest BCUT2D eigenvalue weighted by Crippen LogP contribution is 2.32. The molecule has 7 nitrogen and oxygen atoms in total. The fraction of sp³-hybridized carbons (Fsp3) is 0.238. The van der Waals surface area contributed by atoms with Gasteiger partial charge in [0.1, 0.15) is 16.7 Å². The molecular weight excluding hydrogens is 418 g/mol. The topological polar surface area (TPSA) is 113 Å². The summed E-state index contributed by atoms with van der Waals surface area (Å²) in [5.41, 5.74) is 9.62. The zero-order valence-electron chi connectivity index (χ0n) is 17.1. The number of nitrogens with zero attached hydrogens (tertiary/aromatic N) is 3. The lowest BCUT2D eigenvalue weighted by molar-refractivity contribution is 0.965. The lowest BCUT2D eigenvalue weighted by Gasteiger charge is -2.14. The number of benzene rings is 1. The Morgan fingerprint density at radius 3 is 2.70 bits per heavy atom. The molecule has 2 heterocycles. The van der Waals surface area contributed by atoms with Crippen molar-refractivity contribution < 1.29 is 0 Å². The first kappa shape index (κ1) is 21.9. The average Bonchev–Trinajstić information content (AvgIpc) is 2.70. The third-order valence-electron chi connectivity index (χ3n) is 4.24. The quantitative estimate of drug-likeness (QED) is 0.273. The summed E-state index contributed by atoms with van der Waals surface area (Å²) < 4.78 is 3.23. The van der Waals surface area contributed by atoms with Gasteiger partial charge in [0.05, 0.1) is 16.3 Å². The van der Waals surface area contributed by atoms with E-state index in [1.165, 1.54) is 11.9 Å². The fourth-order valence-electron chi connectivity index (χ4n) is 2.76. The maximum absolute atomic E-state index is 7.98. The zero-order valence-corrected chi connectivity index (χ0v) is 18.7. The predicted molar refractivity (Wildman–Crippen MR) is 127 cm³/mol. The van der Waals surface area contributed by atoms with Gasteiger partial charge in [-0.15, -0.1) is 0 Å². The second-order valence-corrected chi connectivity index (χ2v) is 8.01. The third kappa shape index (κ3) is 5.20. The van der Waals surface area contributed by atoms with Crippen LogP contribution >= 0.6 is 23.5 Å². The molecule has 0 aliphatic rings. The molecule has 30 heavy (non-hydrogen) atoms. The zero-order chi connectivity index (χ0) is 21.7. The molecule has 0 saturated carbocycles. The Balaban J connectivity index is 1.86. The van der Waals surface area contributed by atoms with Crippen LogP contribution in [-0.4, -0.2) is 27.2 Å². The number of hydrogen-bond acceptors (Lipinski definition) is 8. The first-order valence-electron chi connectivity index (χ1n) is 9.51. The number of aromatic nitrogens is 3. The van der Waals surface area contributed by atoms with Crippen molar-refractivity contribution in [3.63, 3.8) is 0 Å². The van der Waals surface area contributed by atoms with Gasteiger partial charge in [0.15, 0.2) is 5.82 Å². The molecule has 0 amide bonds. The van der Waals surface area contributed by atoms with Gasteiger partial charge in [-0.2, -0.15) is 0 Å². The van der Waals surface area contributed by atoms with Crippen molar-refractivity contribution in [3.8, 4) is 11.4 Å². The second kappa shape index (κ2) is 9.77. The average molecular weight is 442 g/mol. The van der Waals surface area contributed by atoms with Crippen molar-refractivity contribution in [1.29, 1.82) is 5.41 Å². The van der Waals surface area contributed by atoms with E-state index in [9.17, 15) is 0 Å². The van der Waals surface area contributed by atoms with E-state index >= 15 is 0 Å². The number of anilines is 3. The summed E-state index contributed by atoms with van der Waals surface area (Å²) in [6.45, 7) is 6.48. The summed E-state index contributed by atoms with van der Waals surface area (Å²) >= 11 is 7.88. The summed E-state index contributed by atoms with van der Waals surface area (Å²) in [7, 11) is 0. The molecule has 0 spiro atoms. The highest BCUT2D eigenvalue weighted by Gasteiger charge is 2.16. The summed E-state index contributed by atoms with van der Waals surface area (Å²) in [6, 6.07) is 9.49. The summed E-state index contributed by atoms with van der Waals surface area (Å²) in [6.07, 6.45) is 2.70. The van der Waals surface area contributed by atoms with E-state index in [0.29, 0.717) is 27.9 Å². The molecule has 9 heteroatoms. The van der Waals surface area contributed by atoms with Crippen LogP contribution in [0.3, 0.4) is 0 Å². The van der Waals surface area contributed by atoms with Gasteiger partial charge in [0, 0.05) is 36.0 Å². The van der Waals surface area contributed by atoms with E-state index in [4.69, 9.17) is 22.7 Å². The van der Waals surface area contributed by atoms with Crippen LogP contribution in [0.2, 0.25) is 5.02 Å². The maximum atomic E-state index is 7.98. The highest BCUT2D eigenvalue weighted by atomic mass is 35.5. The molecule has 1 aromatic carbocycles. The number of aryl methyl sites for hydroxylation is 1. The molecule has 0 aliphatic carbocycles. The number of nitrogens with one attached hydrogen (secondary N) is 3. The molecule has 2 aromatic heterocycles. The van der Waals surface area contributed by atoms with Crippen LogP contribution in [0.15, 0.2) is 41.6 Å². The van der Waals surface area contributed by atoms with Crippen LogP contribution in [0.1, 0.15) is 31.4 Å². The Kier molecular flexibility index (Phi) is 7.12. The number of hydrogen-bond donors (Lipinski definition) is 4. The van der Waals surface area contributed by atoms with Crippen molar-refractivity contribution in [1.82, 2.24) is 15.0 Å². The predicted octanol–water partition coefficient (Wildman–Crippen LogP) is 5.41. The van der Waals surface area contributed by atoms with Gasteiger partial charge >= 0.3 is 0 Å². The Morgan fingerprint density at radius 1 is 1.23 bits per heavy atom. The maximum Gasteiger partial charge on any atom is 0.163 e. The number of nitrogens with two attached hydrogens (primary N) is 1. The molecule has 156 valence electrons. The second-order valence-electron chi connectivity index (χ2n) is 6.78. The molecule has 3 rings (SSSR count). The minimum absolute atomic E-state index is 0.269. The van der Waals surface area contributed by atoms with Gasteiger partial charge in [-0.25, -0.2) is 15.0 Å². The van der Waals surface area contributed by atoms with Crippen LogP contribution in [0.5, 0.6) is 0 Å². The summed E-state index contributed by atoms with van der Waals surface area (Å²) in [5, 5.41) is 12.6. The van der Waals surface area contributed by atoms with E-state index in [1.807, 2.05) is 31.2 Å². The molecule has 0 aliphatic heterocycles. The molecule has 0 saturated heterocycles. The van der Waals surface area contributed by atoms with Crippen molar-refractivity contribution in [2.45, 2.75) is 32.2 Å². The first-order valence-corrected chi connectivity index (χ1v) is 10.7. The van der Waals surface area contributed by atoms with Crippen LogP contribution in [0, 0.1) is 12.3 Å². The number of nitrogen functional groups attached to an aromatic ring is 1. The van der Waals surface area contributed by atoms with Crippen LogP contribution in [-0.2, 0) is 0 Å². The number of pyridine rings is 1. The highest BCUT2D eigenvalue weighted by molar-refractivity contribution is 8.00. The van der Waals surface area contributed by atoms with Crippen molar-refractivity contribution in [2.75, 3.05) is 22.3 Å². The molecule has 0 radical (unpaired) electrons. The SMILES string of the molecule is CCCNc1nc(-c2ccc(NSc3cc(C)ccn3)c(Cl)c2)nc(N)c1C(C)=N. The van der Waals surface area contributed by atoms with Crippen molar-refractivity contribution in [2.24, 2.45) is 0 Å². The smallest absolute Gasteiger partial charge is 0.163 e. The van der Waals surface area contributed by atoms with E-state index in [1.54, 1.807) is 19.2 Å². The molecule has 0 atom stereocenters. The van der Waals surface area contributed by atoms with E-state index in [-0.39, 0.29) is 5.82 Å². The number of halogens is 1. The molecule has 0 fully saturated rings. The lowest BCUT2D eigenvalue weighted by atomic mass is 10.1. The lowest BCUT2D eigenvalue weighted by Crippen LogP contribution is -2.13. The molecule has 3 aromatic rings. The van der Waals surface area contributed by atoms with E-state index in [0.717, 1.165) is 34.8 Å². The number of rotatable bonds is 8.